The minimum Gasteiger partial charge on any atom is -0.372 e. The summed E-state index contributed by atoms with van der Waals surface area (Å²) in [5.74, 6) is -2.67. The molecular weight excluding hydrogens is 442 g/mol. The average molecular weight is 464 g/mol. The van der Waals surface area contributed by atoms with Gasteiger partial charge >= 0.3 is 6.18 Å². The Morgan fingerprint density at radius 3 is 1.79 bits per heavy atom. The summed E-state index contributed by atoms with van der Waals surface area (Å²) in [5.41, 5.74) is 1.86. The van der Waals surface area contributed by atoms with Crippen LogP contribution in [0.1, 0.15) is 29.2 Å². The van der Waals surface area contributed by atoms with Crippen LogP contribution in [0.4, 0.5) is 26.3 Å². The molecule has 7 heteroatoms. The Hall–Kier alpha value is -3.06. The standard InChI is InChI=1S/C26H22F6O/c1-3-16-6-13-21(22(27)14-16)18-9-11-20(12-10-18)25(29)24(28)19-7-4-17(5-8-19)15-23(33-2)26(30,31)32/h4-14,23H,3,15H2,1-2H3/b25-24-. The molecular formula is C26H22F6O. The van der Waals surface area contributed by atoms with Crippen LogP contribution in [0.2, 0.25) is 0 Å². The first-order valence-corrected chi connectivity index (χ1v) is 10.3. The summed E-state index contributed by atoms with van der Waals surface area (Å²) in [4.78, 5) is 0. The Bertz CT molecular complexity index is 1120. The lowest BCUT2D eigenvalue weighted by Gasteiger charge is -2.18. The van der Waals surface area contributed by atoms with E-state index in [0.717, 1.165) is 12.7 Å². The fourth-order valence-corrected chi connectivity index (χ4v) is 3.40. The van der Waals surface area contributed by atoms with Gasteiger partial charge in [0.25, 0.3) is 0 Å². The Labute approximate surface area is 188 Å². The van der Waals surface area contributed by atoms with E-state index in [1.807, 2.05) is 6.92 Å². The lowest BCUT2D eigenvalue weighted by atomic mass is 10.00. The van der Waals surface area contributed by atoms with Crippen LogP contribution in [0, 0.1) is 5.82 Å². The Balaban J connectivity index is 1.80. The lowest BCUT2D eigenvalue weighted by Crippen LogP contribution is -2.32. The summed E-state index contributed by atoms with van der Waals surface area (Å²) >= 11 is 0. The topological polar surface area (TPSA) is 9.23 Å². The van der Waals surface area contributed by atoms with Crippen molar-refractivity contribution in [1.29, 1.82) is 0 Å². The molecule has 0 amide bonds. The van der Waals surface area contributed by atoms with Gasteiger partial charge in [-0.3, -0.25) is 0 Å². The molecule has 0 fully saturated rings. The summed E-state index contributed by atoms with van der Waals surface area (Å²) in [6, 6.07) is 15.6. The first-order chi connectivity index (χ1) is 15.6. The molecule has 3 aromatic carbocycles. The van der Waals surface area contributed by atoms with Crippen molar-refractivity contribution in [3.8, 4) is 11.1 Å². The molecule has 0 N–H and O–H groups in total. The Kier molecular flexibility index (Phi) is 7.64. The highest BCUT2D eigenvalue weighted by Gasteiger charge is 2.39. The van der Waals surface area contributed by atoms with Crippen molar-refractivity contribution in [1.82, 2.24) is 0 Å². The van der Waals surface area contributed by atoms with Gasteiger partial charge in [-0.2, -0.15) is 13.2 Å². The van der Waals surface area contributed by atoms with E-state index in [-0.39, 0.29) is 16.7 Å². The van der Waals surface area contributed by atoms with Crippen LogP contribution in [0.5, 0.6) is 0 Å². The van der Waals surface area contributed by atoms with E-state index in [4.69, 9.17) is 0 Å². The highest BCUT2D eigenvalue weighted by atomic mass is 19.4. The molecule has 1 atom stereocenters. The van der Waals surface area contributed by atoms with Crippen LogP contribution in [-0.2, 0) is 17.6 Å². The second-order valence-electron chi connectivity index (χ2n) is 7.54. The minimum atomic E-state index is -4.53. The van der Waals surface area contributed by atoms with Gasteiger partial charge < -0.3 is 4.74 Å². The van der Waals surface area contributed by atoms with Crippen molar-refractivity contribution in [3.05, 3.63) is 94.8 Å². The van der Waals surface area contributed by atoms with Gasteiger partial charge in [0, 0.05) is 30.2 Å². The summed E-state index contributed by atoms with van der Waals surface area (Å²) in [6.07, 6.45) is -6.26. The van der Waals surface area contributed by atoms with E-state index < -0.39 is 36.2 Å². The number of aryl methyl sites for hydroxylation is 1. The predicted octanol–water partition coefficient (Wildman–Crippen LogP) is 7.94. The van der Waals surface area contributed by atoms with Gasteiger partial charge in [0.1, 0.15) is 5.82 Å². The van der Waals surface area contributed by atoms with Gasteiger partial charge in [-0.15, -0.1) is 0 Å². The van der Waals surface area contributed by atoms with Crippen LogP contribution in [0.15, 0.2) is 66.7 Å². The van der Waals surface area contributed by atoms with Crippen molar-refractivity contribution in [3.63, 3.8) is 0 Å². The van der Waals surface area contributed by atoms with Gasteiger partial charge in [-0.25, -0.2) is 13.2 Å². The third-order valence-corrected chi connectivity index (χ3v) is 5.36. The SMILES string of the molecule is CCc1ccc(-c2ccc(/C(F)=C(/F)c3ccc(CC(OC)C(F)(F)F)cc3)cc2)c(F)c1. The molecule has 33 heavy (non-hydrogen) atoms. The van der Waals surface area contributed by atoms with E-state index in [2.05, 4.69) is 4.74 Å². The molecule has 0 aliphatic rings. The molecule has 0 saturated heterocycles. The number of hydrogen-bond donors (Lipinski definition) is 0. The summed E-state index contributed by atoms with van der Waals surface area (Å²) in [5, 5.41) is 0. The van der Waals surface area contributed by atoms with Gasteiger partial charge in [0.2, 0.25) is 0 Å². The number of ether oxygens (including phenoxy) is 1. The van der Waals surface area contributed by atoms with Crippen LogP contribution < -0.4 is 0 Å². The number of methoxy groups -OCH3 is 1. The van der Waals surface area contributed by atoms with Crippen LogP contribution in [0.3, 0.4) is 0 Å². The first kappa shape index (κ1) is 24.6. The van der Waals surface area contributed by atoms with Gasteiger partial charge in [0.15, 0.2) is 17.8 Å². The number of halogens is 6. The van der Waals surface area contributed by atoms with E-state index in [1.54, 1.807) is 12.1 Å². The zero-order chi connectivity index (χ0) is 24.2. The van der Waals surface area contributed by atoms with Gasteiger partial charge in [-0.1, -0.05) is 67.6 Å². The molecule has 0 spiro atoms. The molecule has 0 aliphatic carbocycles. The molecule has 0 heterocycles. The molecule has 1 unspecified atom stereocenters. The smallest absolute Gasteiger partial charge is 0.372 e. The zero-order valence-corrected chi connectivity index (χ0v) is 18.0. The zero-order valence-electron chi connectivity index (χ0n) is 18.0. The normalized spacial score (nSPS) is 13.6. The largest absolute Gasteiger partial charge is 0.414 e. The predicted molar refractivity (Wildman–Crippen MR) is 117 cm³/mol. The molecule has 3 rings (SSSR count). The highest BCUT2D eigenvalue weighted by Crippen LogP contribution is 2.32. The minimum absolute atomic E-state index is 0.0394. The second kappa shape index (κ2) is 10.3. The van der Waals surface area contributed by atoms with E-state index in [1.165, 1.54) is 54.6 Å². The number of alkyl halides is 3. The van der Waals surface area contributed by atoms with Crippen LogP contribution in [0.25, 0.3) is 22.8 Å². The van der Waals surface area contributed by atoms with Crippen molar-refractivity contribution < 1.29 is 31.1 Å². The molecule has 0 aliphatic heterocycles. The lowest BCUT2D eigenvalue weighted by molar-refractivity contribution is -0.212. The molecule has 174 valence electrons. The van der Waals surface area contributed by atoms with Crippen molar-refractivity contribution in [2.45, 2.75) is 32.0 Å². The third-order valence-electron chi connectivity index (χ3n) is 5.36. The van der Waals surface area contributed by atoms with Gasteiger partial charge in [-0.05, 0) is 29.2 Å². The molecule has 1 nitrogen and oxygen atoms in total. The average Bonchev–Trinajstić information content (AvgIpc) is 2.81. The summed E-state index contributed by atoms with van der Waals surface area (Å²) in [6.45, 7) is 1.92. The monoisotopic (exact) mass is 464 g/mol. The van der Waals surface area contributed by atoms with Gasteiger partial charge in [0.05, 0.1) is 0 Å². The Morgan fingerprint density at radius 2 is 1.33 bits per heavy atom. The fraction of sp³-hybridized carbons (Fsp3) is 0.231. The number of hydrogen-bond acceptors (Lipinski definition) is 1. The number of benzene rings is 3. The molecule has 0 aromatic heterocycles. The molecule has 0 saturated carbocycles. The van der Waals surface area contributed by atoms with E-state index in [9.17, 15) is 26.3 Å². The molecule has 3 aromatic rings. The van der Waals surface area contributed by atoms with Crippen LogP contribution >= 0.6 is 0 Å². The second-order valence-corrected chi connectivity index (χ2v) is 7.54. The highest BCUT2D eigenvalue weighted by molar-refractivity contribution is 5.83. The fourth-order valence-electron chi connectivity index (χ4n) is 3.40. The van der Waals surface area contributed by atoms with Crippen molar-refractivity contribution in [2.75, 3.05) is 7.11 Å². The van der Waals surface area contributed by atoms with E-state index >= 15 is 0 Å². The summed E-state index contributed by atoms with van der Waals surface area (Å²) < 4.78 is 86.7. The van der Waals surface area contributed by atoms with E-state index in [0.29, 0.717) is 17.5 Å². The maximum atomic E-state index is 14.7. The molecule has 0 radical (unpaired) electrons. The maximum absolute atomic E-state index is 14.7. The Morgan fingerprint density at radius 1 is 0.818 bits per heavy atom. The quantitative estimate of drug-likeness (QED) is 0.255. The van der Waals surface area contributed by atoms with Crippen molar-refractivity contribution in [2.24, 2.45) is 0 Å². The molecule has 0 bridgehead atoms. The van der Waals surface area contributed by atoms with Crippen molar-refractivity contribution >= 4 is 11.7 Å². The van der Waals surface area contributed by atoms with Crippen LogP contribution in [-0.4, -0.2) is 19.4 Å². The first-order valence-electron chi connectivity index (χ1n) is 10.3. The third kappa shape index (κ3) is 5.85. The summed E-state index contributed by atoms with van der Waals surface area (Å²) in [7, 11) is 0.962. The maximum Gasteiger partial charge on any atom is 0.414 e. The number of rotatable bonds is 7.